The van der Waals surface area contributed by atoms with Gasteiger partial charge in [-0.25, -0.2) is 0 Å². The first-order chi connectivity index (χ1) is 14.1. The van der Waals surface area contributed by atoms with Gasteiger partial charge in [0.2, 0.25) is 0 Å². The third kappa shape index (κ3) is 4.63. The highest BCUT2D eigenvalue weighted by Gasteiger charge is 2.13. The van der Waals surface area contributed by atoms with Gasteiger partial charge >= 0.3 is 5.65 Å². The molecule has 0 unspecified atom stereocenters. The fourth-order valence-corrected chi connectivity index (χ4v) is 3.44. The van der Waals surface area contributed by atoms with Crippen LogP contribution in [0, 0.1) is 0 Å². The average Bonchev–Trinajstić information content (AvgIpc) is 2.74. The largest absolute Gasteiger partial charge is 0.867 e. The third-order valence-electron chi connectivity index (χ3n) is 4.41. The summed E-state index contributed by atoms with van der Waals surface area (Å²) in [5.41, 5.74) is 3.71. The first-order valence-corrected chi connectivity index (χ1v) is 10.6. The van der Waals surface area contributed by atoms with Crippen LogP contribution in [0.2, 0.25) is 0 Å². The van der Waals surface area contributed by atoms with E-state index >= 15 is 0 Å². The number of hydrogen-bond acceptors (Lipinski definition) is 2. The van der Waals surface area contributed by atoms with E-state index in [0.29, 0.717) is 11.4 Å². The lowest BCUT2D eigenvalue weighted by Crippen LogP contribution is -2.28. The molecule has 0 radical (unpaired) electrons. The van der Waals surface area contributed by atoms with Gasteiger partial charge in [0.25, 0.3) is 0 Å². The predicted molar refractivity (Wildman–Crippen MR) is 123 cm³/mol. The topological polar surface area (TPSA) is 40.1 Å². The standard InChI is InChI=1S/C24H16Br2N2O/c25-19-10-4-17(5-11-19)8-14-21-24(29)22(28-16-2-1-3-23(28)27-21)15-9-18-6-12-20(26)13-7-18/h1-16H/b14-8+,15-9+. The van der Waals surface area contributed by atoms with Crippen LogP contribution in [0.3, 0.4) is 0 Å². The summed E-state index contributed by atoms with van der Waals surface area (Å²) in [6, 6.07) is 21.5. The summed E-state index contributed by atoms with van der Waals surface area (Å²) in [6.45, 7) is 0. The molecule has 0 saturated carbocycles. The van der Waals surface area contributed by atoms with Crippen molar-refractivity contribution in [2.24, 2.45) is 0 Å². The molecule has 29 heavy (non-hydrogen) atoms. The van der Waals surface area contributed by atoms with Crippen molar-refractivity contribution in [3.05, 3.63) is 104 Å². The van der Waals surface area contributed by atoms with Gasteiger partial charge in [-0.15, -0.1) is 0 Å². The van der Waals surface area contributed by atoms with Crippen molar-refractivity contribution in [2.75, 3.05) is 0 Å². The van der Waals surface area contributed by atoms with Crippen LogP contribution in [-0.4, -0.2) is 4.98 Å². The zero-order chi connectivity index (χ0) is 20.2. The summed E-state index contributed by atoms with van der Waals surface area (Å²) < 4.78 is 3.84. The van der Waals surface area contributed by atoms with Crippen LogP contribution in [0.15, 0.2) is 81.9 Å². The van der Waals surface area contributed by atoms with Crippen LogP contribution < -0.4 is 9.51 Å². The Labute approximate surface area is 186 Å². The minimum atomic E-state index is -0.115. The predicted octanol–water partition coefficient (Wildman–Crippen LogP) is 5.76. The molecule has 0 aliphatic carbocycles. The SMILES string of the molecule is [O-]c1c(/C=C/c2ccc(Br)cc2)nc2cccc[n+]2c1/C=C/c1ccc(Br)cc1. The van der Waals surface area contributed by atoms with Gasteiger partial charge in [0.1, 0.15) is 5.69 Å². The van der Waals surface area contributed by atoms with E-state index in [0.717, 1.165) is 25.7 Å². The highest BCUT2D eigenvalue weighted by Crippen LogP contribution is 2.21. The molecule has 2 aromatic heterocycles. The molecule has 0 bridgehead atoms. The second kappa shape index (κ2) is 8.72. The van der Waals surface area contributed by atoms with Gasteiger partial charge in [-0.3, -0.25) is 0 Å². The molecule has 5 heteroatoms. The first-order valence-electron chi connectivity index (χ1n) is 8.99. The van der Waals surface area contributed by atoms with Gasteiger partial charge in [-0.2, -0.15) is 4.40 Å². The quantitative estimate of drug-likeness (QED) is 0.329. The Hall–Kier alpha value is -2.76. The van der Waals surface area contributed by atoms with Crippen LogP contribution in [0.4, 0.5) is 0 Å². The molecule has 0 aliphatic rings. The Bertz CT molecular complexity index is 1210. The summed E-state index contributed by atoms with van der Waals surface area (Å²) in [5, 5.41) is 13.1. The zero-order valence-electron chi connectivity index (χ0n) is 15.3. The Morgan fingerprint density at radius 1 is 0.724 bits per heavy atom. The van der Waals surface area contributed by atoms with Gasteiger partial charge < -0.3 is 5.11 Å². The van der Waals surface area contributed by atoms with E-state index < -0.39 is 0 Å². The highest BCUT2D eigenvalue weighted by molar-refractivity contribution is 9.10. The molecule has 4 rings (SSSR count). The van der Waals surface area contributed by atoms with Crippen molar-refractivity contribution >= 4 is 61.8 Å². The maximum absolute atomic E-state index is 13.1. The van der Waals surface area contributed by atoms with E-state index in [9.17, 15) is 5.11 Å². The molecule has 2 heterocycles. The number of pyridine rings is 1. The molecule has 0 spiro atoms. The summed E-state index contributed by atoms with van der Waals surface area (Å²) in [5.74, 6) is -0.115. The normalized spacial score (nSPS) is 11.7. The number of halogens is 2. The number of nitrogens with zero attached hydrogens (tertiary/aromatic N) is 2. The molecule has 0 fully saturated rings. The molecular formula is C24H16Br2N2O. The van der Waals surface area contributed by atoms with Gasteiger partial charge in [0.05, 0.1) is 6.20 Å². The molecule has 0 atom stereocenters. The fourth-order valence-electron chi connectivity index (χ4n) is 2.91. The van der Waals surface area contributed by atoms with E-state index in [4.69, 9.17) is 0 Å². The molecule has 0 amide bonds. The Morgan fingerprint density at radius 3 is 1.93 bits per heavy atom. The van der Waals surface area contributed by atoms with E-state index in [-0.39, 0.29) is 5.75 Å². The second-order valence-corrected chi connectivity index (χ2v) is 8.24. The second-order valence-electron chi connectivity index (χ2n) is 6.41. The molecule has 0 aliphatic heterocycles. The lowest BCUT2D eigenvalue weighted by atomic mass is 10.1. The van der Waals surface area contributed by atoms with Gasteiger partial charge in [-0.1, -0.05) is 74.3 Å². The Kier molecular flexibility index (Phi) is 5.88. The summed E-state index contributed by atoms with van der Waals surface area (Å²) in [7, 11) is 0. The number of hydrogen-bond donors (Lipinski definition) is 0. The lowest BCUT2D eigenvalue weighted by molar-refractivity contribution is -0.522. The van der Waals surface area contributed by atoms with Crippen molar-refractivity contribution in [3.8, 4) is 5.75 Å². The highest BCUT2D eigenvalue weighted by atomic mass is 79.9. The van der Waals surface area contributed by atoms with Gasteiger partial charge in [-0.05, 0) is 64.3 Å². The van der Waals surface area contributed by atoms with E-state index in [1.165, 1.54) is 0 Å². The smallest absolute Gasteiger partial charge is 0.328 e. The van der Waals surface area contributed by atoms with Crippen molar-refractivity contribution in [3.63, 3.8) is 0 Å². The maximum atomic E-state index is 13.1. The Morgan fingerprint density at radius 2 is 1.31 bits per heavy atom. The molecule has 2 aromatic carbocycles. The van der Waals surface area contributed by atoms with Crippen LogP contribution in [0.5, 0.6) is 5.75 Å². The summed E-state index contributed by atoms with van der Waals surface area (Å²) >= 11 is 6.87. The molecule has 0 N–H and O–H groups in total. The molecule has 4 aromatic rings. The van der Waals surface area contributed by atoms with Crippen molar-refractivity contribution in [1.82, 2.24) is 4.98 Å². The maximum Gasteiger partial charge on any atom is 0.328 e. The first kappa shape index (κ1) is 19.6. The number of rotatable bonds is 4. The minimum Gasteiger partial charge on any atom is -0.867 e. The van der Waals surface area contributed by atoms with Crippen LogP contribution in [0.25, 0.3) is 30.0 Å². The Balaban J connectivity index is 1.77. The van der Waals surface area contributed by atoms with Crippen molar-refractivity contribution in [1.29, 1.82) is 0 Å². The van der Waals surface area contributed by atoms with Crippen LogP contribution in [-0.2, 0) is 0 Å². The zero-order valence-corrected chi connectivity index (χ0v) is 18.5. The molecular weight excluding hydrogens is 492 g/mol. The third-order valence-corrected chi connectivity index (χ3v) is 5.46. The van der Waals surface area contributed by atoms with Crippen molar-refractivity contribution < 1.29 is 9.51 Å². The number of aromatic nitrogens is 2. The molecule has 3 nitrogen and oxygen atoms in total. The van der Waals surface area contributed by atoms with Crippen LogP contribution >= 0.6 is 31.9 Å². The van der Waals surface area contributed by atoms with Crippen LogP contribution in [0.1, 0.15) is 22.5 Å². The average molecular weight is 508 g/mol. The molecule has 0 saturated heterocycles. The monoisotopic (exact) mass is 506 g/mol. The van der Waals surface area contributed by atoms with Crippen molar-refractivity contribution in [2.45, 2.75) is 0 Å². The minimum absolute atomic E-state index is 0.115. The number of fused-ring (bicyclic) bond motifs is 1. The summed E-state index contributed by atoms with van der Waals surface area (Å²) in [4.78, 5) is 4.55. The fraction of sp³-hybridized carbons (Fsp3) is 0. The lowest BCUT2D eigenvalue weighted by Gasteiger charge is -2.10. The number of benzene rings is 2. The van der Waals surface area contributed by atoms with Gasteiger partial charge in [0, 0.05) is 15.0 Å². The molecule has 142 valence electrons. The van der Waals surface area contributed by atoms with E-state index in [2.05, 4.69) is 36.8 Å². The van der Waals surface area contributed by atoms with E-state index in [1.54, 1.807) is 6.08 Å². The van der Waals surface area contributed by atoms with E-state index in [1.807, 2.05) is 95.6 Å². The summed E-state index contributed by atoms with van der Waals surface area (Å²) in [6.07, 6.45) is 9.31. The van der Waals surface area contributed by atoms with Gasteiger partial charge in [0.15, 0.2) is 5.69 Å².